The summed E-state index contributed by atoms with van der Waals surface area (Å²) in [4.78, 5) is 28.7. The number of amides is 2. The summed E-state index contributed by atoms with van der Waals surface area (Å²) in [7, 11) is -2.10. The Hall–Kier alpha value is -3.77. The molecule has 1 saturated heterocycles. The van der Waals surface area contributed by atoms with E-state index in [1.54, 1.807) is 19.2 Å². The zero-order valence-corrected chi connectivity index (χ0v) is 23.8. The fourth-order valence-corrected chi connectivity index (χ4v) is 5.86. The molecule has 1 aliphatic heterocycles. The highest BCUT2D eigenvalue weighted by atomic mass is 32.2. The number of rotatable bonds is 13. The molecule has 0 aliphatic carbocycles. The lowest BCUT2D eigenvalue weighted by atomic mass is 10.0. The first-order valence-corrected chi connectivity index (χ1v) is 14.8. The number of morpholine rings is 1. The predicted molar refractivity (Wildman–Crippen MR) is 153 cm³/mol. The van der Waals surface area contributed by atoms with E-state index in [2.05, 4.69) is 5.32 Å². The van der Waals surface area contributed by atoms with Crippen LogP contribution in [-0.2, 0) is 35.6 Å². The van der Waals surface area contributed by atoms with E-state index in [1.807, 2.05) is 48.5 Å². The minimum absolute atomic E-state index is 0.139. The molecule has 0 saturated carbocycles. The molecule has 3 aromatic carbocycles. The molecule has 2 amide bonds. The van der Waals surface area contributed by atoms with Gasteiger partial charge in [-0.05, 0) is 35.4 Å². The average molecular weight is 582 g/mol. The van der Waals surface area contributed by atoms with Gasteiger partial charge in [-0.3, -0.25) is 9.59 Å². The number of nitrogens with one attached hydrogen (secondary N) is 1. The molecule has 3 aromatic rings. The van der Waals surface area contributed by atoms with Gasteiger partial charge in [0, 0.05) is 33.3 Å². The first kappa shape index (κ1) is 30.2. The summed E-state index contributed by atoms with van der Waals surface area (Å²) in [5, 5.41) is 2.86. The minimum atomic E-state index is -3.65. The van der Waals surface area contributed by atoms with E-state index < -0.39 is 22.0 Å². The Morgan fingerprint density at radius 3 is 2.22 bits per heavy atom. The highest BCUT2D eigenvalue weighted by molar-refractivity contribution is 7.89. The maximum Gasteiger partial charge on any atom is 0.261 e. The smallest absolute Gasteiger partial charge is 0.261 e. The van der Waals surface area contributed by atoms with Gasteiger partial charge in [-0.2, -0.15) is 4.31 Å². The number of methoxy groups -OCH3 is 1. The van der Waals surface area contributed by atoms with Gasteiger partial charge in [0.15, 0.2) is 6.61 Å². The maximum atomic E-state index is 13.7. The van der Waals surface area contributed by atoms with Crippen LogP contribution in [-0.4, -0.2) is 82.6 Å². The number of benzene rings is 3. The van der Waals surface area contributed by atoms with E-state index in [1.165, 1.54) is 33.5 Å². The molecule has 0 radical (unpaired) electrons. The van der Waals surface area contributed by atoms with Crippen LogP contribution < -0.4 is 10.1 Å². The predicted octanol–water partition coefficient (Wildman–Crippen LogP) is 2.62. The van der Waals surface area contributed by atoms with Crippen molar-refractivity contribution in [2.75, 3.05) is 53.2 Å². The Morgan fingerprint density at radius 2 is 1.59 bits per heavy atom. The standard InChI is InChI=1S/C30H35N3O7S/c1-38-19-16-31-30(35)29(25-10-6-3-7-11-25)33(22-24-8-4-2-5-9-24)28(34)23-40-26-12-14-27(15-13-26)41(36,37)32-17-20-39-21-18-32/h2-15,29H,16-23H2,1H3,(H,31,35)/t29-/m0/s1. The lowest BCUT2D eigenvalue weighted by Crippen LogP contribution is -2.45. The minimum Gasteiger partial charge on any atom is -0.484 e. The molecule has 0 bridgehead atoms. The molecule has 11 heteroatoms. The second kappa shape index (κ2) is 14.7. The van der Waals surface area contributed by atoms with Gasteiger partial charge in [0.05, 0.1) is 24.7 Å². The number of carbonyl (C=O) groups excluding carboxylic acids is 2. The fraction of sp³-hybridized carbons (Fsp3) is 0.333. The van der Waals surface area contributed by atoms with Crippen molar-refractivity contribution in [2.24, 2.45) is 0 Å². The number of carbonyl (C=O) groups is 2. The molecule has 1 atom stereocenters. The molecule has 0 aromatic heterocycles. The second-order valence-electron chi connectivity index (χ2n) is 9.38. The van der Waals surface area contributed by atoms with Crippen molar-refractivity contribution in [2.45, 2.75) is 17.5 Å². The van der Waals surface area contributed by atoms with Gasteiger partial charge in [0.1, 0.15) is 11.8 Å². The van der Waals surface area contributed by atoms with Crippen molar-refractivity contribution in [1.82, 2.24) is 14.5 Å². The van der Waals surface area contributed by atoms with Crippen molar-refractivity contribution >= 4 is 21.8 Å². The Morgan fingerprint density at radius 1 is 0.951 bits per heavy atom. The largest absolute Gasteiger partial charge is 0.484 e. The van der Waals surface area contributed by atoms with Crippen LogP contribution in [0.1, 0.15) is 17.2 Å². The topological polar surface area (TPSA) is 114 Å². The highest BCUT2D eigenvalue weighted by Crippen LogP contribution is 2.25. The van der Waals surface area contributed by atoms with Crippen LogP contribution in [0.25, 0.3) is 0 Å². The lowest BCUT2D eigenvalue weighted by molar-refractivity contribution is -0.143. The molecular formula is C30H35N3O7S. The number of nitrogens with zero attached hydrogens (tertiary/aromatic N) is 2. The average Bonchev–Trinajstić information content (AvgIpc) is 3.01. The number of hydrogen-bond acceptors (Lipinski definition) is 7. The number of hydrogen-bond donors (Lipinski definition) is 1. The normalized spacial score (nSPS) is 14.7. The van der Waals surface area contributed by atoms with Crippen molar-refractivity contribution in [3.63, 3.8) is 0 Å². The molecule has 1 heterocycles. The quantitative estimate of drug-likeness (QED) is 0.309. The summed E-state index contributed by atoms with van der Waals surface area (Å²) in [6.45, 7) is 1.77. The lowest BCUT2D eigenvalue weighted by Gasteiger charge is -2.31. The third-order valence-electron chi connectivity index (χ3n) is 6.59. The summed E-state index contributed by atoms with van der Waals surface area (Å²) in [5.74, 6) is -0.412. The molecule has 4 rings (SSSR count). The Kier molecular flexibility index (Phi) is 10.9. The summed E-state index contributed by atoms with van der Waals surface area (Å²) < 4.78 is 43.3. The monoisotopic (exact) mass is 581 g/mol. The van der Waals surface area contributed by atoms with Gasteiger partial charge in [-0.1, -0.05) is 60.7 Å². The Balaban J connectivity index is 1.53. The fourth-order valence-electron chi connectivity index (χ4n) is 4.46. The van der Waals surface area contributed by atoms with Crippen LogP contribution in [0.4, 0.5) is 0 Å². The third kappa shape index (κ3) is 8.14. The van der Waals surface area contributed by atoms with E-state index >= 15 is 0 Å². The zero-order chi connectivity index (χ0) is 29.1. The van der Waals surface area contributed by atoms with Crippen LogP contribution in [0.3, 0.4) is 0 Å². The van der Waals surface area contributed by atoms with Gasteiger partial charge >= 0.3 is 0 Å². The number of ether oxygens (including phenoxy) is 3. The molecule has 1 fully saturated rings. The molecule has 10 nitrogen and oxygen atoms in total. The van der Waals surface area contributed by atoms with Crippen molar-refractivity contribution in [3.05, 3.63) is 96.1 Å². The van der Waals surface area contributed by atoms with Gasteiger partial charge in [-0.15, -0.1) is 0 Å². The van der Waals surface area contributed by atoms with E-state index in [-0.39, 0.29) is 24.0 Å². The Labute approximate surface area is 240 Å². The van der Waals surface area contributed by atoms with Crippen LogP contribution in [0.15, 0.2) is 89.8 Å². The van der Waals surface area contributed by atoms with Crippen LogP contribution in [0.2, 0.25) is 0 Å². The van der Waals surface area contributed by atoms with Crippen LogP contribution in [0.5, 0.6) is 5.75 Å². The van der Waals surface area contributed by atoms with Crippen molar-refractivity contribution in [3.8, 4) is 5.75 Å². The van der Waals surface area contributed by atoms with E-state index in [0.717, 1.165) is 5.56 Å². The third-order valence-corrected chi connectivity index (χ3v) is 8.50. The SMILES string of the molecule is COCCNC(=O)[C@H](c1ccccc1)N(Cc1ccccc1)C(=O)COc1ccc(S(=O)(=O)N2CCOCC2)cc1. The second-order valence-corrected chi connectivity index (χ2v) is 11.3. The Bertz CT molecular complexity index is 1360. The summed E-state index contributed by atoms with van der Waals surface area (Å²) >= 11 is 0. The van der Waals surface area contributed by atoms with Gasteiger partial charge < -0.3 is 24.4 Å². The van der Waals surface area contributed by atoms with Gasteiger partial charge in [0.25, 0.3) is 5.91 Å². The number of sulfonamides is 1. The molecule has 41 heavy (non-hydrogen) atoms. The van der Waals surface area contributed by atoms with E-state index in [9.17, 15) is 18.0 Å². The summed E-state index contributed by atoms with van der Waals surface area (Å²) in [6, 6.07) is 23.6. The molecule has 1 aliphatic rings. The highest BCUT2D eigenvalue weighted by Gasteiger charge is 2.32. The van der Waals surface area contributed by atoms with Gasteiger partial charge in [-0.25, -0.2) is 8.42 Å². The summed E-state index contributed by atoms with van der Waals surface area (Å²) in [6.07, 6.45) is 0. The van der Waals surface area contributed by atoms with Crippen LogP contribution in [0, 0.1) is 0 Å². The van der Waals surface area contributed by atoms with E-state index in [0.29, 0.717) is 50.8 Å². The molecule has 0 spiro atoms. The van der Waals surface area contributed by atoms with Crippen molar-refractivity contribution < 1.29 is 32.2 Å². The molecule has 1 N–H and O–H groups in total. The zero-order valence-electron chi connectivity index (χ0n) is 23.0. The first-order chi connectivity index (χ1) is 19.9. The van der Waals surface area contributed by atoms with Gasteiger partial charge in [0.2, 0.25) is 15.9 Å². The summed E-state index contributed by atoms with van der Waals surface area (Å²) in [5.41, 5.74) is 1.51. The first-order valence-electron chi connectivity index (χ1n) is 13.4. The van der Waals surface area contributed by atoms with Crippen LogP contribution >= 0.6 is 0 Å². The van der Waals surface area contributed by atoms with E-state index in [4.69, 9.17) is 14.2 Å². The molecular weight excluding hydrogens is 546 g/mol. The molecule has 0 unspecified atom stereocenters. The molecule has 218 valence electrons. The van der Waals surface area contributed by atoms with Crippen molar-refractivity contribution in [1.29, 1.82) is 0 Å². The maximum absolute atomic E-state index is 13.7.